The highest BCUT2D eigenvalue weighted by Crippen LogP contribution is 2.25. The number of Topliss-reactive ketones (excluding diaryl/α,β-unsaturated/α-hetero) is 1. The zero-order valence-electron chi connectivity index (χ0n) is 11.7. The Hall–Kier alpha value is -0.960. The molecular weight excluding hydrogens is 244 g/mol. The Morgan fingerprint density at radius 1 is 1.22 bits per heavy atom. The third kappa shape index (κ3) is 4.05. The van der Waals surface area contributed by atoms with E-state index < -0.39 is 0 Å². The summed E-state index contributed by atoms with van der Waals surface area (Å²) in [4.78, 5) is 12.2. The summed E-state index contributed by atoms with van der Waals surface area (Å²) >= 11 is 1.65. The number of hydrogen-bond donors (Lipinski definition) is 0. The molecule has 0 spiro atoms. The van der Waals surface area contributed by atoms with Crippen molar-refractivity contribution in [3.63, 3.8) is 0 Å². The summed E-state index contributed by atoms with van der Waals surface area (Å²) in [7, 11) is 0. The molecule has 0 heterocycles. The van der Waals surface area contributed by atoms with Crippen molar-refractivity contribution in [2.45, 2.75) is 34.1 Å². The Morgan fingerprint density at radius 3 is 2.50 bits per heavy atom. The average molecular weight is 266 g/mol. The highest BCUT2D eigenvalue weighted by atomic mass is 32.2. The molecule has 3 heteroatoms. The highest BCUT2D eigenvalue weighted by molar-refractivity contribution is 7.99. The van der Waals surface area contributed by atoms with Crippen LogP contribution in [-0.2, 0) is 0 Å². The molecule has 0 saturated carbocycles. The molecule has 1 rings (SSSR count). The van der Waals surface area contributed by atoms with Crippen molar-refractivity contribution in [2.24, 2.45) is 0 Å². The van der Waals surface area contributed by atoms with Crippen LogP contribution in [0.4, 0.5) is 0 Å². The second-order valence-electron chi connectivity index (χ2n) is 4.34. The minimum Gasteiger partial charge on any atom is -0.493 e. The first-order valence-corrected chi connectivity index (χ1v) is 7.60. The van der Waals surface area contributed by atoms with Crippen LogP contribution in [0.5, 0.6) is 5.75 Å². The molecule has 0 radical (unpaired) electrons. The Morgan fingerprint density at radius 2 is 1.89 bits per heavy atom. The number of thioether (sulfide) groups is 1. The van der Waals surface area contributed by atoms with Crippen molar-refractivity contribution in [3.05, 3.63) is 28.8 Å². The summed E-state index contributed by atoms with van der Waals surface area (Å²) in [6.45, 7) is 8.86. The number of carbonyl (C=O) groups is 1. The number of aryl methyl sites for hydroxylation is 2. The molecule has 0 amide bonds. The van der Waals surface area contributed by atoms with Gasteiger partial charge in [0.25, 0.3) is 0 Å². The lowest BCUT2D eigenvalue weighted by Gasteiger charge is -2.13. The van der Waals surface area contributed by atoms with Crippen LogP contribution in [0.3, 0.4) is 0 Å². The van der Waals surface area contributed by atoms with Gasteiger partial charge >= 0.3 is 0 Å². The van der Waals surface area contributed by atoms with Crippen molar-refractivity contribution in [2.75, 3.05) is 18.1 Å². The molecule has 0 saturated heterocycles. The van der Waals surface area contributed by atoms with E-state index >= 15 is 0 Å². The van der Waals surface area contributed by atoms with E-state index in [0.29, 0.717) is 12.4 Å². The maximum Gasteiger partial charge on any atom is 0.176 e. The molecule has 18 heavy (non-hydrogen) atoms. The first-order chi connectivity index (χ1) is 8.60. The molecule has 1 aromatic carbocycles. The molecular formula is C15H22O2S. The average Bonchev–Trinajstić information content (AvgIpc) is 2.36. The van der Waals surface area contributed by atoms with Gasteiger partial charge in [0.15, 0.2) is 5.78 Å². The normalized spacial score (nSPS) is 10.4. The monoisotopic (exact) mass is 266 g/mol. The van der Waals surface area contributed by atoms with Gasteiger partial charge in [0.1, 0.15) is 5.75 Å². The fraction of sp³-hybridized carbons (Fsp3) is 0.533. The number of hydrogen-bond acceptors (Lipinski definition) is 3. The van der Waals surface area contributed by atoms with Gasteiger partial charge in [0.05, 0.1) is 17.9 Å². The molecule has 2 nitrogen and oxygen atoms in total. The number of benzene rings is 1. The molecule has 0 aromatic heterocycles. The second-order valence-corrected chi connectivity index (χ2v) is 5.62. The number of carbonyl (C=O) groups excluding carboxylic acids is 1. The van der Waals surface area contributed by atoms with E-state index in [1.807, 2.05) is 26.0 Å². The Balaban J connectivity index is 2.98. The number of ether oxygens (including phenoxy) is 1. The molecule has 100 valence electrons. The lowest BCUT2D eigenvalue weighted by atomic mass is 10.0. The zero-order chi connectivity index (χ0) is 13.5. The topological polar surface area (TPSA) is 26.3 Å². The van der Waals surface area contributed by atoms with Crippen molar-refractivity contribution in [1.82, 2.24) is 0 Å². The molecule has 0 bridgehead atoms. The summed E-state index contributed by atoms with van der Waals surface area (Å²) < 4.78 is 5.69. The molecule has 1 aromatic rings. The predicted molar refractivity (Wildman–Crippen MR) is 79.0 cm³/mol. The minimum atomic E-state index is 0.163. The van der Waals surface area contributed by atoms with Crippen LogP contribution in [0.2, 0.25) is 0 Å². The SMILES string of the molecule is CCCOc1cc(C)c(C)cc1C(=O)CSCC. The molecule has 0 aliphatic heterocycles. The van der Waals surface area contributed by atoms with Gasteiger partial charge in [-0.25, -0.2) is 0 Å². The van der Waals surface area contributed by atoms with Gasteiger partial charge in [-0.1, -0.05) is 13.8 Å². The van der Waals surface area contributed by atoms with E-state index in [-0.39, 0.29) is 5.78 Å². The van der Waals surface area contributed by atoms with Gasteiger partial charge in [-0.3, -0.25) is 4.79 Å². The molecule has 0 unspecified atom stereocenters. The number of rotatable bonds is 7. The lowest BCUT2D eigenvalue weighted by molar-refractivity contribution is 0.101. The smallest absolute Gasteiger partial charge is 0.176 e. The Bertz CT molecular complexity index is 413. The van der Waals surface area contributed by atoms with Gasteiger partial charge in [-0.05, 0) is 49.3 Å². The third-order valence-corrected chi connectivity index (χ3v) is 3.67. The first-order valence-electron chi connectivity index (χ1n) is 6.45. The summed E-state index contributed by atoms with van der Waals surface area (Å²) in [6, 6.07) is 3.94. The van der Waals surface area contributed by atoms with E-state index in [1.165, 1.54) is 5.56 Å². The highest BCUT2D eigenvalue weighted by Gasteiger charge is 2.14. The van der Waals surface area contributed by atoms with Crippen LogP contribution in [0.1, 0.15) is 41.8 Å². The van der Waals surface area contributed by atoms with Crippen LogP contribution in [0, 0.1) is 13.8 Å². The third-order valence-electron chi connectivity index (χ3n) is 2.80. The Labute approximate surface area is 114 Å². The van der Waals surface area contributed by atoms with Crippen molar-refractivity contribution >= 4 is 17.5 Å². The van der Waals surface area contributed by atoms with Gasteiger partial charge in [-0.2, -0.15) is 11.8 Å². The molecule has 0 N–H and O–H groups in total. The van der Waals surface area contributed by atoms with Crippen LogP contribution in [0.15, 0.2) is 12.1 Å². The summed E-state index contributed by atoms with van der Waals surface area (Å²) in [6.07, 6.45) is 0.949. The molecule has 0 aliphatic carbocycles. The van der Waals surface area contributed by atoms with Crippen LogP contribution in [0.25, 0.3) is 0 Å². The molecule has 0 aliphatic rings. The summed E-state index contributed by atoms with van der Waals surface area (Å²) in [5.41, 5.74) is 3.04. The van der Waals surface area contributed by atoms with Gasteiger partial charge in [0, 0.05) is 0 Å². The van der Waals surface area contributed by atoms with E-state index in [4.69, 9.17) is 4.74 Å². The maximum absolute atomic E-state index is 12.2. The second kappa shape index (κ2) is 7.47. The lowest BCUT2D eigenvalue weighted by Crippen LogP contribution is -2.08. The summed E-state index contributed by atoms with van der Waals surface area (Å²) in [5, 5.41) is 0. The minimum absolute atomic E-state index is 0.163. The fourth-order valence-corrected chi connectivity index (χ4v) is 2.16. The van der Waals surface area contributed by atoms with E-state index in [1.54, 1.807) is 11.8 Å². The summed E-state index contributed by atoms with van der Waals surface area (Å²) in [5.74, 6) is 2.39. The standard InChI is InChI=1S/C15H22O2S/c1-5-7-17-15-9-12(4)11(3)8-13(15)14(16)10-18-6-2/h8-9H,5-7,10H2,1-4H3. The van der Waals surface area contributed by atoms with E-state index in [0.717, 1.165) is 29.1 Å². The van der Waals surface area contributed by atoms with Gasteiger partial charge < -0.3 is 4.74 Å². The van der Waals surface area contributed by atoms with Gasteiger partial charge in [-0.15, -0.1) is 0 Å². The zero-order valence-corrected chi connectivity index (χ0v) is 12.5. The quantitative estimate of drug-likeness (QED) is 0.697. The van der Waals surface area contributed by atoms with Crippen molar-refractivity contribution in [1.29, 1.82) is 0 Å². The van der Waals surface area contributed by atoms with E-state index in [9.17, 15) is 4.79 Å². The maximum atomic E-state index is 12.2. The Kier molecular flexibility index (Phi) is 6.27. The van der Waals surface area contributed by atoms with Crippen LogP contribution >= 0.6 is 11.8 Å². The van der Waals surface area contributed by atoms with Crippen LogP contribution < -0.4 is 4.74 Å². The first kappa shape index (κ1) is 15.1. The predicted octanol–water partition coefficient (Wildman–Crippen LogP) is 4.03. The largest absolute Gasteiger partial charge is 0.493 e. The van der Waals surface area contributed by atoms with Crippen molar-refractivity contribution < 1.29 is 9.53 Å². The van der Waals surface area contributed by atoms with Gasteiger partial charge in [0.2, 0.25) is 0 Å². The molecule has 0 fully saturated rings. The number of ketones is 1. The van der Waals surface area contributed by atoms with Crippen LogP contribution in [-0.4, -0.2) is 23.9 Å². The van der Waals surface area contributed by atoms with E-state index in [2.05, 4.69) is 13.8 Å². The molecule has 0 atom stereocenters. The van der Waals surface area contributed by atoms with Crippen molar-refractivity contribution in [3.8, 4) is 5.75 Å². The fourth-order valence-electron chi connectivity index (χ4n) is 1.61.